The van der Waals surface area contributed by atoms with E-state index in [-0.39, 0.29) is 11.8 Å². The second kappa shape index (κ2) is 6.44. The molecule has 1 aliphatic rings. The summed E-state index contributed by atoms with van der Waals surface area (Å²) in [6.45, 7) is 5.28. The molecule has 1 aromatic carbocycles. The van der Waals surface area contributed by atoms with Crippen LogP contribution in [0, 0.1) is 13.8 Å². The molecule has 1 fully saturated rings. The first-order valence-corrected chi connectivity index (χ1v) is 9.66. The van der Waals surface area contributed by atoms with Crippen molar-refractivity contribution in [3.05, 3.63) is 59.3 Å². The molecule has 142 valence electrons. The fourth-order valence-electron chi connectivity index (χ4n) is 4.06. The molecule has 0 radical (unpaired) electrons. The van der Waals surface area contributed by atoms with Gasteiger partial charge in [-0.05, 0) is 44.9 Å². The van der Waals surface area contributed by atoms with Crippen LogP contribution in [0.25, 0.3) is 16.7 Å². The predicted molar refractivity (Wildman–Crippen MR) is 106 cm³/mol. The van der Waals surface area contributed by atoms with Crippen LogP contribution in [0.3, 0.4) is 0 Å². The lowest BCUT2D eigenvalue weighted by Gasteiger charge is -2.31. The van der Waals surface area contributed by atoms with Crippen LogP contribution >= 0.6 is 0 Å². The van der Waals surface area contributed by atoms with Crippen LogP contribution in [-0.2, 0) is 0 Å². The number of imidazole rings is 1. The number of nitrogens with one attached hydrogen (secondary N) is 1. The van der Waals surface area contributed by atoms with Crippen LogP contribution in [-0.4, -0.2) is 48.5 Å². The topological polar surface area (TPSA) is 79.2 Å². The standard InChI is InChI=1S/C21H22N6O/c1-13-10-19-22-18(11-14(2)27(19)25-13)21(28)26-9-5-6-15(12-26)20-23-16-7-3-4-8-17(16)24-20/h3-4,7-8,10-11,15H,5-6,9,12H2,1-2H3,(H,23,24)/t15-/m0/s1. The van der Waals surface area contributed by atoms with Crippen LogP contribution in [0.5, 0.6) is 0 Å². The largest absolute Gasteiger partial charge is 0.342 e. The van der Waals surface area contributed by atoms with Crippen molar-refractivity contribution < 1.29 is 4.79 Å². The van der Waals surface area contributed by atoms with Gasteiger partial charge in [0, 0.05) is 30.8 Å². The summed E-state index contributed by atoms with van der Waals surface area (Å²) < 4.78 is 1.78. The van der Waals surface area contributed by atoms with Gasteiger partial charge in [-0.15, -0.1) is 0 Å². The Kier molecular flexibility index (Phi) is 3.89. The molecule has 1 atom stereocenters. The third-order valence-corrected chi connectivity index (χ3v) is 5.45. The molecule has 3 aromatic heterocycles. The number of H-pyrrole nitrogens is 1. The Labute approximate surface area is 162 Å². The second-order valence-corrected chi connectivity index (χ2v) is 7.57. The van der Waals surface area contributed by atoms with Gasteiger partial charge >= 0.3 is 0 Å². The molecule has 0 bridgehead atoms. The number of nitrogens with zero attached hydrogens (tertiary/aromatic N) is 5. The molecule has 28 heavy (non-hydrogen) atoms. The lowest BCUT2D eigenvalue weighted by molar-refractivity contribution is 0.0699. The lowest BCUT2D eigenvalue weighted by atomic mass is 9.97. The predicted octanol–water partition coefficient (Wildman–Crippen LogP) is 3.24. The molecule has 0 spiro atoms. The first kappa shape index (κ1) is 16.9. The summed E-state index contributed by atoms with van der Waals surface area (Å²) in [6.07, 6.45) is 1.98. The monoisotopic (exact) mass is 374 g/mol. The number of fused-ring (bicyclic) bond motifs is 2. The van der Waals surface area contributed by atoms with Crippen molar-refractivity contribution in [3.8, 4) is 0 Å². The van der Waals surface area contributed by atoms with Gasteiger partial charge in [-0.1, -0.05) is 12.1 Å². The van der Waals surface area contributed by atoms with Gasteiger partial charge in [-0.25, -0.2) is 14.5 Å². The number of likely N-dealkylation sites (tertiary alicyclic amines) is 1. The molecule has 0 unspecified atom stereocenters. The average Bonchev–Trinajstić information content (AvgIpc) is 3.30. The zero-order valence-electron chi connectivity index (χ0n) is 16.0. The molecule has 5 rings (SSSR count). The Hall–Kier alpha value is -3.22. The van der Waals surface area contributed by atoms with Crippen molar-refractivity contribution in [2.24, 2.45) is 0 Å². The van der Waals surface area contributed by atoms with Crippen LogP contribution in [0.4, 0.5) is 0 Å². The van der Waals surface area contributed by atoms with Crippen LogP contribution in [0.1, 0.15) is 46.5 Å². The number of aryl methyl sites for hydroxylation is 2. The fraction of sp³-hybridized carbons (Fsp3) is 0.333. The molecule has 4 heterocycles. The SMILES string of the molecule is Cc1cc2nc(C(=O)N3CCC[C@H](c4nc5ccccc5[nH]4)C3)cc(C)n2n1. The summed E-state index contributed by atoms with van der Waals surface area (Å²) in [5, 5.41) is 4.41. The average molecular weight is 374 g/mol. The third kappa shape index (κ3) is 2.83. The Bertz CT molecular complexity index is 1160. The Morgan fingerprint density at radius 1 is 1.18 bits per heavy atom. The zero-order chi connectivity index (χ0) is 19.3. The first-order chi connectivity index (χ1) is 13.6. The number of aromatic nitrogens is 5. The van der Waals surface area contributed by atoms with Crippen LogP contribution in [0.15, 0.2) is 36.4 Å². The number of carbonyl (C=O) groups is 1. The van der Waals surface area contributed by atoms with Gasteiger partial charge in [-0.3, -0.25) is 4.79 Å². The number of benzene rings is 1. The molecular formula is C21H22N6O. The van der Waals surface area contributed by atoms with Crippen molar-refractivity contribution in [3.63, 3.8) is 0 Å². The summed E-state index contributed by atoms with van der Waals surface area (Å²) in [7, 11) is 0. The van der Waals surface area contributed by atoms with Gasteiger partial charge in [0.2, 0.25) is 0 Å². The van der Waals surface area contributed by atoms with Crippen LogP contribution in [0.2, 0.25) is 0 Å². The van der Waals surface area contributed by atoms with Crippen LogP contribution < -0.4 is 0 Å². The minimum absolute atomic E-state index is 0.0229. The van der Waals surface area contributed by atoms with Crippen molar-refractivity contribution in [1.29, 1.82) is 0 Å². The van der Waals surface area contributed by atoms with E-state index in [1.165, 1.54) is 0 Å². The molecule has 1 amide bonds. The van der Waals surface area contributed by atoms with Gasteiger partial charge < -0.3 is 9.88 Å². The number of carbonyl (C=O) groups excluding carboxylic acids is 1. The molecule has 4 aromatic rings. The van der Waals surface area contributed by atoms with Gasteiger partial charge in [0.15, 0.2) is 5.65 Å². The van der Waals surface area contributed by atoms with E-state index in [0.717, 1.165) is 47.6 Å². The first-order valence-electron chi connectivity index (χ1n) is 9.66. The number of amides is 1. The highest BCUT2D eigenvalue weighted by Crippen LogP contribution is 2.27. The maximum Gasteiger partial charge on any atom is 0.272 e. The van der Waals surface area contributed by atoms with E-state index in [9.17, 15) is 4.79 Å². The van der Waals surface area contributed by atoms with E-state index < -0.39 is 0 Å². The third-order valence-electron chi connectivity index (χ3n) is 5.45. The van der Waals surface area contributed by atoms with Crippen molar-refractivity contribution in [2.45, 2.75) is 32.6 Å². The summed E-state index contributed by atoms with van der Waals surface area (Å²) in [5.41, 5.74) is 5.01. The number of hydrogen-bond acceptors (Lipinski definition) is 4. The van der Waals surface area contributed by atoms with E-state index in [0.29, 0.717) is 17.9 Å². The van der Waals surface area contributed by atoms with Gasteiger partial charge in [0.1, 0.15) is 11.5 Å². The molecule has 1 N–H and O–H groups in total. The molecule has 7 heteroatoms. The molecule has 0 saturated carbocycles. The molecule has 0 aliphatic carbocycles. The fourth-order valence-corrected chi connectivity index (χ4v) is 4.06. The minimum atomic E-state index is -0.0229. The summed E-state index contributed by atoms with van der Waals surface area (Å²) in [6, 6.07) is 11.8. The minimum Gasteiger partial charge on any atom is -0.342 e. The highest BCUT2D eigenvalue weighted by atomic mass is 16.2. The van der Waals surface area contributed by atoms with E-state index >= 15 is 0 Å². The number of piperidine rings is 1. The smallest absolute Gasteiger partial charge is 0.272 e. The maximum absolute atomic E-state index is 13.2. The lowest BCUT2D eigenvalue weighted by Crippen LogP contribution is -2.39. The highest BCUT2D eigenvalue weighted by molar-refractivity contribution is 5.93. The molecule has 7 nitrogen and oxygen atoms in total. The number of para-hydroxylation sites is 2. The van der Waals surface area contributed by atoms with Gasteiger partial charge in [0.25, 0.3) is 5.91 Å². The quantitative estimate of drug-likeness (QED) is 0.584. The van der Waals surface area contributed by atoms with Crippen molar-refractivity contribution in [1.82, 2.24) is 29.5 Å². The Balaban J connectivity index is 1.42. The van der Waals surface area contributed by atoms with Gasteiger partial charge in [-0.2, -0.15) is 5.10 Å². The van der Waals surface area contributed by atoms with E-state index in [1.54, 1.807) is 4.52 Å². The molecule has 1 saturated heterocycles. The normalized spacial score (nSPS) is 17.5. The zero-order valence-corrected chi connectivity index (χ0v) is 16.0. The summed E-state index contributed by atoms with van der Waals surface area (Å²) >= 11 is 0. The maximum atomic E-state index is 13.2. The molecule has 1 aliphatic heterocycles. The van der Waals surface area contributed by atoms with Crippen molar-refractivity contribution >= 4 is 22.6 Å². The molecular weight excluding hydrogens is 352 g/mol. The van der Waals surface area contributed by atoms with E-state index in [2.05, 4.69) is 15.1 Å². The van der Waals surface area contributed by atoms with Gasteiger partial charge in [0.05, 0.1) is 16.7 Å². The number of aromatic amines is 1. The number of hydrogen-bond donors (Lipinski definition) is 1. The summed E-state index contributed by atoms with van der Waals surface area (Å²) in [5.74, 6) is 1.15. The second-order valence-electron chi connectivity index (χ2n) is 7.57. The van der Waals surface area contributed by atoms with E-state index in [1.807, 2.05) is 55.1 Å². The Morgan fingerprint density at radius 2 is 2.04 bits per heavy atom. The highest BCUT2D eigenvalue weighted by Gasteiger charge is 2.28. The Morgan fingerprint density at radius 3 is 2.89 bits per heavy atom. The van der Waals surface area contributed by atoms with E-state index in [4.69, 9.17) is 4.98 Å². The summed E-state index contributed by atoms with van der Waals surface area (Å²) in [4.78, 5) is 27.8. The van der Waals surface area contributed by atoms with Crippen molar-refractivity contribution in [2.75, 3.05) is 13.1 Å². The number of rotatable bonds is 2.